The van der Waals surface area contributed by atoms with Gasteiger partial charge < -0.3 is 14.6 Å². The molecule has 5 nitrogen and oxygen atoms in total. The molecule has 2 rings (SSSR count). The first-order valence-corrected chi connectivity index (χ1v) is 7.74. The van der Waals surface area contributed by atoms with Crippen molar-refractivity contribution in [3.8, 4) is 0 Å². The highest BCUT2D eigenvalue weighted by Crippen LogP contribution is 2.11. The van der Waals surface area contributed by atoms with E-state index in [1.165, 1.54) is 6.26 Å². The molecular formula is C17H19ClN2O3. The predicted molar refractivity (Wildman–Crippen MR) is 88.2 cm³/mol. The molecule has 23 heavy (non-hydrogen) atoms. The molecule has 0 bridgehead atoms. The van der Waals surface area contributed by atoms with E-state index in [4.69, 9.17) is 16.0 Å². The normalized spacial score (nSPS) is 10.3. The zero-order valence-corrected chi connectivity index (χ0v) is 13.7. The number of rotatable bonds is 7. The number of furan rings is 1. The number of carbonyl (C=O) groups excluding carboxylic acids is 2. The molecule has 1 N–H and O–H groups in total. The van der Waals surface area contributed by atoms with Gasteiger partial charge in [-0.15, -0.1) is 0 Å². The number of nitrogens with one attached hydrogen (secondary N) is 1. The Kier molecular flexibility index (Phi) is 6.23. The Hall–Kier alpha value is -2.27. The molecule has 0 saturated carbocycles. The minimum absolute atomic E-state index is 0.0344. The van der Waals surface area contributed by atoms with Crippen LogP contribution in [0.3, 0.4) is 0 Å². The predicted octanol–water partition coefficient (Wildman–Crippen LogP) is 3.10. The van der Waals surface area contributed by atoms with Crippen molar-refractivity contribution in [3.63, 3.8) is 0 Å². The largest absolute Gasteiger partial charge is 0.459 e. The van der Waals surface area contributed by atoms with E-state index in [0.29, 0.717) is 31.0 Å². The van der Waals surface area contributed by atoms with Crippen molar-refractivity contribution in [2.75, 3.05) is 13.6 Å². The Labute approximate surface area is 140 Å². The van der Waals surface area contributed by atoms with Crippen LogP contribution >= 0.6 is 11.6 Å². The van der Waals surface area contributed by atoms with Gasteiger partial charge in [0.2, 0.25) is 5.91 Å². The van der Waals surface area contributed by atoms with Crippen molar-refractivity contribution in [1.29, 1.82) is 0 Å². The molecule has 0 spiro atoms. The van der Waals surface area contributed by atoms with Gasteiger partial charge in [0.05, 0.1) is 6.26 Å². The van der Waals surface area contributed by atoms with Crippen LogP contribution in [-0.4, -0.2) is 30.3 Å². The van der Waals surface area contributed by atoms with Crippen LogP contribution in [0.15, 0.2) is 47.1 Å². The molecule has 1 aromatic carbocycles. The molecule has 6 heteroatoms. The zero-order valence-electron chi connectivity index (χ0n) is 12.9. The molecule has 0 unspecified atom stereocenters. The maximum Gasteiger partial charge on any atom is 0.286 e. The molecule has 0 aliphatic carbocycles. The second kappa shape index (κ2) is 8.39. The van der Waals surface area contributed by atoms with Gasteiger partial charge in [0.15, 0.2) is 5.76 Å². The number of amides is 2. The number of benzene rings is 1. The lowest BCUT2D eigenvalue weighted by atomic mass is 10.2. The Morgan fingerprint density at radius 2 is 1.96 bits per heavy atom. The van der Waals surface area contributed by atoms with Crippen molar-refractivity contribution in [3.05, 3.63) is 59.0 Å². The summed E-state index contributed by atoms with van der Waals surface area (Å²) < 4.78 is 4.99. The van der Waals surface area contributed by atoms with Crippen LogP contribution in [0.2, 0.25) is 5.02 Å². The van der Waals surface area contributed by atoms with Gasteiger partial charge in [0.25, 0.3) is 5.91 Å². The summed E-state index contributed by atoms with van der Waals surface area (Å²) >= 11 is 5.84. The minimum Gasteiger partial charge on any atom is -0.459 e. The molecule has 0 radical (unpaired) electrons. The number of nitrogens with zero attached hydrogens (tertiary/aromatic N) is 1. The average molecular weight is 335 g/mol. The maximum absolute atomic E-state index is 12.1. The van der Waals surface area contributed by atoms with Crippen LogP contribution in [0.4, 0.5) is 0 Å². The van der Waals surface area contributed by atoms with Gasteiger partial charge in [0.1, 0.15) is 0 Å². The van der Waals surface area contributed by atoms with E-state index in [1.807, 2.05) is 12.1 Å². The molecule has 2 amide bonds. The van der Waals surface area contributed by atoms with Gasteiger partial charge in [-0.2, -0.15) is 0 Å². The third-order valence-electron chi connectivity index (χ3n) is 3.36. The number of hydrogen-bond donors (Lipinski definition) is 1. The highest BCUT2D eigenvalue weighted by atomic mass is 35.5. The second-order valence-electron chi connectivity index (χ2n) is 5.21. The van der Waals surface area contributed by atoms with Crippen molar-refractivity contribution in [2.24, 2.45) is 0 Å². The van der Waals surface area contributed by atoms with E-state index >= 15 is 0 Å². The molecule has 122 valence electrons. The van der Waals surface area contributed by atoms with Crippen LogP contribution in [0, 0.1) is 0 Å². The first-order valence-electron chi connectivity index (χ1n) is 7.36. The van der Waals surface area contributed by atoms with Crippen LogP contribution in [0.1, 0.15) is 29.0 Å². The van der Waals surface area contributed by atoms with Gasteiger partial charge >= 0.3 is 0 Å². The highest BCUT2D eigenvalue weighted by Gasteiger charge is 2.11. The molecule has 0 aliphatic heterocycles. The fourth-order valence-corrected chi connectivity index (χ4v) is 2.21. The highest BCUT2D eigenvalue weighted by molar-refractivity contribution is 6.30. The Morgan fingerprint density at radius 1 is 1.22 bits per heavy atom. The molecule has 0 atom stereocenters. The quantitative estimate of drug-likeness (QED) is 0.791. The summed E-state index contributed by atoms with van der Waals surface area (Å²) in [5.41, 5.74) is 1.02. The first-order chi connectivity index (χ1) is 11.1. The van der Waals surface area contributed by atoms with E-state index in [1.54, 1.807) is 36.2 Å². The van der Waals surface area contributed by atoms with Crippen LogP contribution in [0.25, 0.3) is 0 Å². The number of hydrogen-bond acceptors (Lipinski definition) is 3. The molecule has 1 aromatic heterocycles. The SMILES string of the molecule is CN(Cc1ccc(Cl)cc1)C(=O)CCCNC(=O)c1ccco1. The fraction of sp³-hybridized carbons (Fsp3) is 0.294. The van der Waals surface area contributed by atoms with E-state index in [0.717, 1.165) is 5.56 Å². The minimum atomic E-state index is -0.267. The van der Waals surface area contributed by atoms with Crippen LogP contribution < -0.4 is 5.32 Å². The lowest BCUT2D eigenvalue weighted by Gasteiger charge is -2.17. The lowest BCUT2D eigenvalue weighted by Crippen LogP contribution is -2.28. The van der Waals surface area contributed by atoms with Gasteiger partial charge in [-0.3, -0.25) is 9.59 Å². The topological polar surface area (TPSA) is 62.6 Å². The van der Waals surface area contributed by atoms with E-state index in [2.05, 4.69) is 5.32 Å². The van der Waals surface area contributed by atoms with E-state index in [9.17, 15) is 9.59 Å². The maximum atomic E-state index is 12.1. The molecule has 0 saturated heterocycles. The third-order valence-corrected chi connectivity index (χ3v) is 3.61. The fourth-order valence-electron chi connectivity index (χ4n) is 2.08. The molecule has 2 aromatic rings. The van der Waals surface area contributed by atoms with Crippen molar-refractivity contribution in [1.82, 2.24) is 10.2 Å². The Bertz CT molecular complexity index is 638. The standard InChI is InChI=1S/C17H19ClN2O3/c1-20(12-13-6-8-14(18)9-7-13)16(21)5-2-10-19-17(22)15-4-3-11-23-15/h3-4,6-9,11H,2,5,10,12H2,1H3,(H,19,22). The summed E-state index contributed by atoms with van der Waals surface area (Å²) in [5, 5.41) is 3.39. The number of halogens is 1. The zero-order chi connectivity index (χ0) is 16.7. The Morgan fingerprint density at radius 3 is 2.61 bits per heavy atom. The smallest absolute Gasteiger partial charge is 0.286 e. The first kappa shape index (κ1) is 17.1. The van der Waals surface area contributed by atoms with E-state index in [-0.39, 0.29) is 17.6 Å². The van der Waals surface area contributed by atoms with Crippen molar-refractivity contribution >= 4 is 23.4 Å². The van der Waals surface area contributed by atoms with Crippen molar-refractivity contribution < 1.29 is 14.0 Å². The third kappa shape index (κ3) is 5.45. The molecular weight excluding hydrogens is 316 g/mol. The van der Waals surface area contributed by atoms with Crippen LogP contribution in [0.5, 0.6) is 0 Å². The van der Waals surface area contributed by atoms with Gasteiger partial charge in [0, 0.05) is 31.6 Å². The second-order valence-corrected chi connectivity index (χ2v) is 5.65. The van der Waals surface area contributed by atoms with E-state index < -0.39 is 0 Å². The monoisotopic (exact) mass is 334 g/mol. The van der Waals surface area contributed by atoms with Crippen molar-refractivity contribution in [2.45, 2.75) is 19.4 Å². The molecule has 1 heterocycles. The summed E-state index contributed by atoms with van der Waals surface area (Å²) in [5.74, 6) is 0.0420. The average Bonchev–Trinajstić information content (AvgIpc) is 3.07. The summed E-state index contributed by atoms with van der Waals surface area (Å²) in [7, 11) is 1.76. The number of carbonyl (C=O) groups is 2. The van der Waals surface area contributed by atoms with Gasteiger partial charge in [-0.25, -0.2) is 0 Å². The summed E-state index contributed by atoms with van der Waals surface area (Å²) in [6.07, 6.45) is 2.41. The van der Waals surface area contributed by atoms with Gasteiger partial charge in [-0.05, 0) is 36.2 Å². The van der Waals surface area contributed by atoms with Gasteiger partial charge in [-0.1, -0.05) is 23.7 Å². The lowest BCUT2D eigenvalue weighted by molar-refractivity contribution is -0.130. The van der Waals surface area contributed by atoms with Crippen LogP contribution in [-0.2, 0) is 11.3 Å². The Balaban J connectivity index is 1.67. The molecule has 0 aliphatic rings. The summed E-state index contributed by atoms with van der Waals surface area (Å²) in [6.45, 7) is 0.967. The molecule has 0 fully saturated rings. The summed E-state index contributed by atoms with van der Waals surface area (Å²) in [4.78, 5) is 25.4. The summed E-state index contributed by atoms with van der Waals surface area (Å²) in [6, 6.07) is 10.7.